The maximum Gasteiger partial charge on any atom is 0.254 e. The van der Waals surface area contributed by atoms with Gasteiger partial charge in [0, 0.05) is 29.7 Å². The number of carbonyl (C=O) groups excluding carboxylic acids is 1. The van der Waals surface area contributed by atoms with Crippen LogP contribution < -0.4 is 5.73 Å². The lowest BCUT2D eigenvalue weighted by Crippen LogP contribution is -2.55. The molecule has 2 aromatic rings. The number of hydrogen-bond acceptors (Lipinski definition) is 4. The van der Waals surface area contributed by atoms with Gasteiger partial charge < -0.3 is 10.5 Å². The highest BCUT2D eigenvalue weighted by Gasteiger charge is 2.39. The van der Waals surface area contributed by atoms with Crippen LogP contribution in [0.25, 0.3) is 11.0 Å². The Morgan fingerprint density at radius 1 is 1.35 bits per heavy atom. The molecule has 6 nitrogen and oxygen atoms in total. The molecular formula is C16H19FN4O2. The van der Waals surface area contributed by atoms with E-state index in [9.17, 15) is 9.18 Å². The van der Waals surface area contributed by atoms with E-state index in [1.165, 1.54) is 0 Å². The van der Waals surface area contributed by atoms with Crippen LogP contribution in [0.5, 0.6) is 0 Å². The number of amides is 1. The van der Waals surface area contributed by atoms with Crippen LogP contribution in [0.3, 0.4) is 0 Å². The van der Waals surface area contributed by atoms with Gasteiger partial charge in [-0.3, -0.25) is 14.3 Å². The fourth-order valence-corrected chi connectivity index (χ4v) is 3.95. The molecule has 2 aliphatic rings. The molecule has 23 heavy (non-hydrogen) atoms. The third-order valence-corrected chi connectivity index (χ3v) is 5.17. The zero-order valence-electron chi connectivity index (χ0n) is 12.9. The average molecular weight is 318 g/mol. The minimum absolute atomic E-state index is 0.0457. The molecule has 0 spiro atoms. The number of hydrogen-bond donors (Lipinski definition) is 1. The first kappa shape index (κ1) is 14.6. The maximum absolute atomic E-state index is 15.0. The second kappa shape index (κ2) is 5.28. The second-order valence-corrected chi connectivity index (χ2v) is 6.41. The predicted octanol–water partition coefficient (Wildman–Crippen LogP) is 1.31. The number of rotatable bonds is 2. The van der Waals surface area contributed by atoms with Crippen LogP contribution in [-0.4, -0.2) is 52.7 Å². The highest BCUT2D eigenvalue weighted by Crippen LogP contribution is 2.37. The lowest BCUT2D eigenvalue weighted by molar-refractivity contribution is -0.0728. The van der Waals surface area contributed by atoms with Gasteiger partial charge in [0.25, 0.3) is 5.91 Å². The Balaban J connectivity index is 1.83. The van der Waals surface area contributed by atoms with Crippen LogP contribution in [0.2, 0.25) is 0 Å². The molecule has 2 fully saturated rings. The Morgan fingerprint density at radius 2 is 2.04 bits per heavy atom. The van der Waals surface area contributed by atoms with Crippen LogP contribution in [0.15, 0.2) is 18.3 Å². The van der Waals surface area contributed by atoms with Crippen molar-refractivity contribution < 1.29 is 13.9 Å². The molecule has 4 heterocycles. The van der Waals surface area contributed by atoms with Crippen LogP contribution >= 0.6 is 0 Å². The van der Waals surface area contributed by atoms with Crippen molar-refractivity contribution in [3.8, 4) is 0 Å². The van der Waals surface area contributed by atoms with Gasteiger partial charge in [0.15, 0.2) is 0 Å². The van der Waals surface area contributed by atoms with Crippen molar-refractivity contribution in [1.82, 2.24) is 14.5 Å². The van der Waals surface area contributed by atoms with Crippen molar-refractivity contribution in [2.24, 2.45) is 5.73 Å². The van der Waals surface area contributed by atoms with E-state index in [-0.39, 0.29) is 23.7 Å². The van der Waals surface area contributed by atoms with Gasteiger partial charge in [-0.1, -0.05) is 0 Å². The summed E-state index contributed by atoms with van der Waals surface area (Å²) in [5.74, 6) is -1.32. The third-order valence-electron chi connectivity index (χ3n) is 5.17. The normalized spacial score (nSPS) is 28.2. The first-order valence-electron chi connectivity index (χ1n) is 7.81. The molecule has 2 saturated heterocycles. The molecule has 4 rings (SSSR count). The van der Waals surface area contributed by atoms with Crippen molar-refractivity contribution in [3.05, 3.63) is 29.8 Å². The molecule has 0 aliphatic carbocycles. The Kier molecular flexibility index (Phi) is 3.35. The zero-order valence-corrected chi connectivity index (χ0v) is 12.9. The molecule has 122 valence electrons. The van der Waals surface area contributed by atoms with E-state index in [2.05, 4.69) is 16.9 Å². The van der Waals surface area contributed by atoms with E-state index in [1.807, 2.05) is 0 Å². The number of fused-ring (bicyclic) bond motifs is 3. The van der Waals surface area contributed by atoms with Crippen molar-refractivity contribution in [2.45, 2.75) is 31.0 Å². The molecule has 0 radical (unpaired) electrons. The number of aromatic nitrogens is 2. The lowest BCUT2D eigenvalue weighted by Gasteiger charge is -2.47. The quantitative estimate of drug-likeness (QED) is 0.906. The Bertz CT molecular complexity index is 761. The van der Waals surface area contributed by atoms with Gasteiger partial charge in [0.2, 0.25) is 5.95 Å². The molecule has 0 aromatic carbocycles. The number of ether oxygens (including phenoxy) is 1. The maximum atomic E-state index is 15.0. The van der Waals surface area contributed by atoms with Crippen molar-refractivity contribution >= 4 is 16.9 Å². The highest BCUT2D eigenvalue weighted by atomic mass is 19.1. The van der Waals surface area contributed by atoms with E-state index in [4.69, 9.17) is 10.5 Å². The number of pyridine rings is 1. The number of nitrogens with zero attached hydrogens (tertiary/aromatic N) is 3. The third kappa shape index (κ3) is 2.14. The summed E-state index contributed by atoms with van der Waals surface area (Å²) in [7, 11) is 2.09. The van der Waals surface area contributed by atoms with E-state index < -0.39 is 11.9 Å². The van der Waals surface area contributed by atoms with Crippen molar-refractivity contribution in [2.75, 3.05) is 20.3 Å². The van der Waals surface area contributed by atoms with Gasteiger partial charge in [-0.05, 0) is 32.0 Å². The van der Waals surface area contributed by atoms with E-state index in [0.717, 1.165) is 12.8 Å². The van der Waals surface area contributed by atoms with Gasteiger partial charge in [0.1, 0.15) is 11.2 Å². The van der Waals surface area contributed by atoms with E-state index >= 15 is 0 Å². The lowest BCUT2D eigenvalue weighted by atomic mass is 9.90. The Labute approximate surface area is 133 Å². The number of halogens is 1. The SMILES string of the molecule is CN1C2COCC1CC(n1c(F)c(C(N)=O)c3cccnc31)C2. The Hall–Kier alpha value is -1.99. The molecule has 2 unspecified atom stereocenters. The average Bonchev–Trinajstić information content (AvgIpc) is 2.79. The minimum Gasteiger partial charge on any atom is -0.378 e. The Morgan fingerprint density at radius 3 is 2.70 bits per heavy atom. The summed E-state index contributed by atoms with van der Waals surface area (Å²) in [6, 6.07) is 3.85. The number of carbonyl (C=O) groups is 1. The smallest absolute Gasteiger partial charge is 0.254 e. The number of piperidine rings is 1. The standard InChI is InChI=1S/C16H19FN4O2/c1-20-10-5-9(6-11(20)8-23-7-10)21-14(17)13(15(18)22)12-3-2-4-19-16(12)21/h2-4,9-11H,5-8H2,1H3,(H2,18,22). The largest absolute Gasteiger partial charge is 0.378 e. The topological polar surface area (TPSA) is 73.4 Å². The minimum atomic E-state index is -0.754. The fraction of sp³-hybridized carbons (Fsp3) is 0.500. The molecule has 2 aliphatic heterocycles. The van der Waals surface area contributed by atoms with Gasteiger partial charge in [-0.25, -0.2) is 4.98 Å². The summed E-state index contributed by atoms with van der Waals surface area (Å²) in [5, 5.41) is 0.484. The predicted molar refractivity (Wildman–Crippen MR) is 82.6 cm³/mol. The summed E-state index contributed by atoms with van der Waals surface area (Å²) < 4.78 is 22.2. The monoisotopic (exact) mass is 318 g/mol. The van der Waals surface area contributed by atoms with Gasteiger partial charge in [0.05, 0.1) is 13.2 Å². The number of primary amides is 1. The second-order valence-electron chi connectivity index (χ2n) is 6.41. The number of nitrogens with two attached hydrogens (primary N) is 1. The summed E-state index contributed by atoms with van der Waals surface area (Å²) >= 11 is 0. The summed E-state index contributed by atoms with van der Waals surface area (Å²) in [6.07, 6.45) is 3.15. The van der Waals surface area contributed by atoms with Crippen LogP contribution in [-0.2, 0) is 4.74 Å². The summed E-state index contributed by atoms with van der Waals surface area (Å²) in [6.45, 7) is 1.31. The van der Waals surface area contributed by atoms with E-state index in [0.29, 0.717) is 24.2 Å². The summed E-state index contributed by atoms with van der Waals surface area (Å²) in [4.78, 5) is 18.3. The first-order chi connectivity index (χ1) is 11.1. The number of morpholine rings is 1. The molecular weight excluding hydrogens is 299 g/mol. The van der Waals surface area contributed by atoms with E-state index in [1.54, 1.807) is 22.9 Å². The van der Waals surface area contributed by atoms with Crippen molar-refractivity contribution in [1.29, 1.82) is 0 Å². The zero-order chi connectivity index (χ0) is 16.1. The first-order valence-corrected chi connectivity index (χ1v) is 7.81. The number of likely N-dealkylation sites (N-methyl/N-ethyl adjacent to an activating group) is 1. The molecule has 2 atom stereocenters. The molecule has 0 saturated carbocycles. The highest BCUT2D eigenvalue weighted by molar-refractivity contribution is 6.05. The van der Waals surface area contributed by atoms with Crippen LogP contribution in [0.4, 0.5) is 4.39 Å². The molecule has 2 bridgehead atoms. The van der Waals surface area contributed by atoms with Crippen LogP contribution in [0, 0.1) is 5.95 Å². The van der Waals surface area contributed by atoms with Gasteiger partial charge in [-0.15, -0.1) is 0 Å². The summed E-state index contributed by atoms with van der Waals surface area (Å²) in [5.41, 5.74) is 5.82. The van der Waals surface area contributed by atoms with Gasteiger partial charge >= 0.3 is 0 Å². The van der Waals surface area contributed by atoms with Gasteiger partial charge in [-0.2, -0.15) is 4.39 Å². The molecule has 1 amide bonds. The van der Waals surface area contributed by atoms with Crippen molar-refractivity contribution in [3.63, 3.8) is 0 Å². The molecule has 7 heteroatoms. The molecule has 2 N–H and O–H groups in total. The van der Waals surface area contributed by atoms with Crippen LogP contribution in [0.1, 0.15) is 29.2 Å². The molecule has 2 aromatic heterocycles. The fourth-order valence-electron chi connectivity index (χ4n) is 3.95.